The minimum absolute atomic E-state index is 0. The first-order valence-electron chi connectivity index (χ1n) is 3.78. The summed E-state index contributed by atoms with van der Waals surface area (Å²) in [5.41, 5.74) is 12.5. The number of nitrogens with two attached hydrogens (primary N) is 2. The number of halogens is 1. The second-order valence-corrected chi connectivity index (χ2v) is 3.97. The molecule has 0 bridgehead atoms. The van der Waals surface area contributed by atoms with Gasteiger partial charge in [0.1, 0.15) is 0 Å². The maximum absolute atomic E-state index is 5.85. The Hall–Kier alpha value is -0.320. The van der Waals surface area contributed by atoms with Crippen LogP contribution in [-0.2, 0) is 6.42 Å². The lowest BCUT2D eigenvalue weighted by molar-refractivity contribution is 0.564. The highest BCUT2D eigenvalue weighted by Crippen LogP contribution is 2.32. The highest BCUT2D eigenvalue weighted by Gasteiger charge is 2.20. The Labute approximate surface area is 81.6 Å². The normalized spacial score (nSPS) is 21.2. The van der Waals surface area contributed by atoms with Crippen LogP contribution in [0.1, 0.15) is 29.5 Å². The van der Waals surface area contributed by atoms with E-state index < -0.39 is 0 Å². The molecule has 0 radical (unpaired) electrons. The molecule has 1 aromatic heterocycles. The molecule has 1 aliphatic rings. The summed E-state index contributed by atoms with van der Waals surface area (Å²) in [6, 6.07) is 0.132. The van der Waals surface area contributed by atoms with Crippen LogP contribution in [0.2, 0.25) is 0 Å². The summed E-state index contributed by atoms with van der Waals surface area (Å²) in [5, 5.41) is 0.660. The van der Waals surface area contributed by atoms with Crippen molar-refractivity contribution in [2.75, 3.05) is 5.73 Å². The smallest absolute Gasteiger partial charge is 0.180 e. The molecule has 0 saturated heterocycles. The van der Waals surface area contributed by atoms with E-state index in [2.05, 4.69) is 4.98 Å². The topological polar surface area (TPSA) is 64.9 Å². The number of aryl methyl sites for hydroxylation is 1. The fourth-order valence-corrected chi connectivity index (χ4v) is 2.41. The Kier molecular flexibility index (Phi) is 2.93. The molecular formula is C7H12ClN3S. The van der Waals surface area contributed by atoms with E-state index in [4.69, 9.17) is 11.5 Å². The molecule has 1 unspecified atom stereocenters. The third kappa shape index (κ3) is 1.55. The van der Waals surface area contributed by atoms with Crippen LogP contribution in [0.4, 0.5) is 5.13 Å². The molecule has 0 saturated carbocycles. The average molecular weight is 206 g/mol. The highest BCUT2D eigenvalue weighted by molar-refractivity contribution is 7.15. The van der Waals surface area contributed by atoms with Gasteiger partial charge in [0.15, 0.2) is 5.13 Å². The van der Waals surface area contributed by atoms with Gasteiger partial charge in [0.25, 0.3) is 0 Å². The number of rotatable bonds is 0. The molecule has 0 amide bonds. The minimum atomic E-state index is 0. The van der Waals surface area contributed by atoms with Crippen molar-refractivity contribution in [1.82, 2.24) is 4.98 Å². The van der Waals surface area contributed by atoms with Gasteiger partial charge in [-0.2, -0.15) is 0 Å². The van der Waals surface area contributed by atoms with Gasteiger partial charge in [0.2, 0.25) is 0 Å². The maximum atomic E-state index is 5.85. The van der Waals surface area contributed by atoms with Crippen LogP contribution in [0.15, 0.2) is 0 Å². The first-order chi connectivity index (χ1) is 5.27. The fourth-order valence-electron chi connectivity index (χ4n) is 1.47. The SMILES string of the molecule is Cl.Nc1nc2c(s1)CCCC2N. The molecule has 0 aromatic carbocycles. The van der Waals surface area contributed by atoms with Gasteiger partial charge >= 0.3 is 0 Å². The Balaban J connectivity index is 0.000000720. The minimum Gasteiger partial charge on any atom is -0.375 e. The lowest BCUT2D eigenvalue weighted by atomic mass is 9.99. The van der Waals surface area contributed by atoms with Crippen molar-refractivity contribution in [3.63, 3.8) is 0 Å². The Morgan fingerprint density at radius 1 is 1.50 bits per heavy atom. The number of aromatic nitrogens is 1. The molecule has 0 spiro atoms. The van der Waals surface area contributed by atoms with Gasteiger partial charge in [-0.3, -0.25) is 0 Å². The standard InChI is InChI=1S/C7H11N3S.ClH/c8-4-2-1-3-5-6(4)10-7(9)11-5;/h4H,1-3,8H2,(H2,9,10);1H. The summed E-state index contributed by atoms with van der Waals surface area (Å²) in [6.07, 6.45) is 3.34. The number of nitrogen functional groups attached to an aromatic ring is 1. The van der Waals surface area contributed by atoms with E-state index in [0.717, 1.165) is 18.5 Å². The Morgan fingerprint density at radius 2 is 2.25 bits per heavy atom. The van der Waals surface area contributed by atoms with E-state index in [-0.39, 0.29) is 18.4 Å². The number of hydrogen-bond donors (Lipinski definition) is 2. The van der Waals surface area contributed by atoms with E-state index in [1.54, 1.807) is 11.3 Å². The zero-order chi connectivity index (χ0) is 7.84. The van der Waals surface area contributed by atoms with Gasteiger partial charge in [-0.15, -0.1) is 23.7 Å². The average Bonchev–Trinajstić information content (AvgIpc) is 2.31. The first kappa shape index (κ1) is 9.77. The van der Waals surface area contributed by atoms with Crippen molar-refractivity contribution in [3.8, 4) is 0 Å². The summed E-state index contributed by atoms with van der Waals surface area (Å²) < 4.78 is 0. The van der Waals surface area contributed by atoms with Gasteiger partial charge < -0.3 is 11.5 Å². The van der Waals surface area contributed by atoms with E-state index >= 15 is 0 Å². The van der Waals surface area contributed by atoms with Crippen LogP contribution in [0, 0.1) is 0 Å². The third-order valence-electron chi connectivity index (χ3n) is 2.01. The van der Waals surface area contributed by atoms with Gasteiger partial charge in [-0.25, -0.2) is 4.98 Å². The molecule has 12 heavy (non-hydrogen) atoms. The molecule has 3 nitrogen and oxygen atoms in total. The molecule has 2 rings (SSSR count). The quantitative estimate of drug-likeness (QED) is 0.675. The second kappa shape index (κ2) is 3.60. The molecule has 0 aliphatic heterocycles. The molecule has 4 N–H and O–H groups in total. The van der Waals surface area contributed by atoms with Crippen LogP contribution in [0.3, 0.4) is 0 Å². The Morgan fingerprint density at radius 3 is 2.92 bits per heavy atom. The summed E-state index contributed by atoms with van der Waals surface area (Å²) >= 11 is 1.58. The van der Waals surface area contributed by atoms with Gasteiger partial charge in [-0.1, -0.05) is 0 Å². The highest BCUT2D eigenvalue weighted by atomic mass is 35.5. The van der Waals surface area contributed by atoms with E-state index in [1.165, 1.54) is 11.3 Å². The number of thiazole rings is 1. The number of fused-ring (bicyclic) bond motifs is 1. The zero-order valence-electron chi connectivity index (χ0n) is 6.62. The number of hydrogen-bond acceptors (Lipinski definition) is 4. The second-order valence-electron chi connectivity index (χ2n) is 2.86. The zero-order valence-corrected chi connectivity index (χ0v) is 8.25. The summed E-state index contributed by atoms with van der Waals surface area (Å²) in [4.78, 5) is 5.50. The van der Waals surface area contributed by atoms with Crippen LogP contribution >= 0.6 is 23.7 Å². The van der Waals surface area contributed by atoms with Crippen molar-refractivity contribution in [2.24, 2.45) is 5.73 Å². The lowest BCUT2D eigenvalue weighted by Crippen LogP contribution is -2.16. The fraction of sp³-hybridized carbons (Fsp3) is 0.571. The largest absolute Gasteiger partial charge is 0.375 e. The molecule has 68 valence electrons. The molecular weight excluding hydrogens is 194 g/mol. The summed E-state index contributed by atoms with van der Waals surface area (Å²) in [6.45, 7) is 0. The molecule has 1 aliphatic carbocycles. The summed E-state index contributed by atoms with van der Waals surface area (Å²) in [5.74, 6) is 0. The lowest BCUT2D eigenvalue weighted by Gasteiger charge is -2.15. The van der Waals surface area contributed by atoms with E-state index in [1.807, 2.05) is 0 Å². The first-order valence-corrected chi connectivity index (χ1v) is 4.59. The van der Waals surface area contributed by atoms with Gasteiger partial charge in [-0.05, 0) is 19.3 Å². The predicted octanol–water partition coefficient (Wildman–Crippen LogP) is 1.48. The van der Waals surface area contributed by atoms with Crippen LogP contribution in [0.5, 0.6) is 0 Å². The van der Waals surface area contributed by atoms with E-state index in [0.29, 0.717) is 5.13 Å². The number of anilines is 1. The summed E-state index contributed by atoms with van der Waals surface area (Å²) in [7, 11) is 0. The van der Waals surface area contributed by atoms with Crippen molar-refractivity contribution in [2.45, 2.75) is 25.3 Å². The molecule has 5 heteroatoms. The van der Waals surface area contributed by atoms with Gasteiger partial charge in [0.05, 0.1) is 5.69 Å². The Bertz CT molecular complexity index is 274. The molecule has 0 fully saturated rings. The van der Waals surface area contributed by atoms with Crippen LogP contribution in [0.25, 0.3) is 0 Å². The molecule has 1 heterocycles. The van der Waals surface area contributed by atoms with Crippen molar-refractivity contribution >= 4 is 28.9 Å². The van der Waals surface area contributed by atoms with Gasteiger partial charge in [0, 0.05) is 10.9 Å². The molecule has 1 atom stereocenters. The van der Waals surface area contributed by atoms with Crippen molar-refractivity contribution in [1.29, 1.82) is 0 Å². The maximum Gasteiger partial charge on any atom is 0.180 e. The van der Waals surface area contributed by atoms with Crippen molar-refractivity contribution in [3.05, 3.63) is 10.6 Å². The van der Waals surface area contributed by atoms with Crippen LogP contribution < -0.4 is 11.5 Å². The predicted molar refractivity (Wildman–Crippen MR) is 53.6 cm³/mol. The van der Waals surface area contributed by atoms with E-state index in [9.17, 15) is 0 Å². The number of nitrogens with zero attached hydrogens (tertiary/aromatic N) is 1. The molecule has 1 aromatic rings. The van der Waals surface area contributed by atoms with Crippen molar-refractivity contribution < 1.29 is 0 Å². The van der Waals surface area contributed by atoms with Crippen LogP contribution in [-0.4, -0.2) is 4.98 Å². The third-order valence-corrected chi connectivity index (χ3v) is 2.97. The monoisotopic (exact) mass is 205 g/mol.